The van der Waals surface area contributed by atoms with Gasteiger partial charge in [0, 0.05) is 18.3 Å². The van der Waals surface area contributed by atoms with Gasteiger partial charge in [0.1, 0.15) is 0 Å². The third-order valence-corrected chi connectivity index (χ3v) is 2.42. The number of hydrogen-bond acceptors (Lipinski definition) is 2. The van der Waals surface area contributed by atoms with Crippen LogP contribution in [0.4, 0.5) is 0 Å². The van der Waals surface area contributed by atoms with Gasteiger partial charge >= 0.3 is 0 Å². The van der Waals surface area contributed by atoms with Crippen LogP contribution < -0.4 is 5.73 Å². The number of nitrogens with zero attached hydrogens (tertiary/aromatic N) is 1. The molecular weight excluding hydrogens is 251 g/mol. The molecular formula is C16H27N2P. The number of benzene rings is 1. The second-order valence-electron chi connectivity index (χ2n) is 3.24. The van der Waals surface area contributed by atoms with E-state index in [9.17, 15) is 0 Å². The van der Waals surface area contributed by atoms with Gasteiger partial charge in [0.05, 0.1) is 0 Å². The molecule has 0 saturated heterocycles. The molecule has 0 fully saturated rings. The first-order valence-electron chi connectivity index (χ1n) is 6.30. The van der Waals surface area contributed by atoms with Crippen LogP contribution in [0.3, 0.4) is 0 Å². The fraction of sp³-hybridized carbons (Fsp3) is 0.250. The molecule has 1 unspecified atom stereocenters. The SMILES string of the molecule is C=C/C=C(\C(=C)N(C)P)c1ccccc1.CC.CN. The minimum atomic E-state index is 0.950. The van der Waals surface area contributed by atoms with Crippen LogP contribution in [-0.2, 0) is 0 Å². The van der Waals surface area contributed by atoms with Crippen LogP contribution in [0, 0.1) is 0 Å². The molecule has 0 aliphatic carbocycles. The molecule has 0 amide bonds. The van der Waals surface area contributed by atoms with Gasteiger partial charge in [-0.1, -0.05) is 69.5 Å². The van der Waals surface area contributed by atoms with Crippen molar-refractivity contribution in [3.63, 3.8) is 0 Å². The summed E-state index contributed by atoms with van der Waals surface area (Å²) in [6, 6.07) is 10.2. The van der Waals surface area contributed by atoms with Gasteiger partial charge in [-0.3, -0.25) is 0 Å². The molecule has 0 spiro atoms. The number of likely N-dealkylation sites (N-methyl/N-ethyl adjacent to an activating group) is 1. The first-order valence-corrected chi connectivity index (χ1v) is 6.82. The lowest BCUT2D eigenvalue weighted by atomic mass is 10.0. The molecule has 1 aromatic carbocycles. The Bertz CT molecular complexity index is 381. The topological polar surface area (TPSA) is 29.3 Å². The van der Waals surface area contributed by atoms with E-state index in [4.69, 9.17) is 0 Å². The fourth-order valence-corrected chi connectivity index (χ4v) is 1.42. The summed E-state index contributed by atoms with van der Waals surface area (Å²) in [7, 11) is 6.05. The molecule has 2 nitrogen and oxygen atoms in total. The largest absolute Gasteiger partial charge is 0.359 e. The molecule has 1 aromatic rings. The maximum atomic E-state index is 4.50. The van der Waals surface area contributed by atoms with Gasteiger partial charge in [-0.2, -0.15) is 0 Å². The van der Waals surface area contributed by atoms with Crippen LogP contribution in [-0.4, -0.2) is 18.8 Å². The minimum Gasteiger partial charge on any atom is -0.359 e. The van der Waals surface area contributed by atoms with Crippen LogP contribution in [0.25, 0.3) is 5.57 Å². The maximum Gasteiger partial charge on any atom is 0.0398 e. The monoisotopic (exact) mass is 278 g/mol. The fourth-order valence-electron chi connectivity index (χ4n) is 1.28. The summed E-state index contributed by atoms with van der Waals surface area (Å²) in [6.45, 7) is 11.8. The van der Waals surface area contributed by atoms with E-state index in [1.165, 1.54) is 7.05 Å². The third kappa shape index (κ3) is 7.61. The Labute approximate surface area is 121 Å². The van der Waals surface area contributed by atoms with Gasteiger partial charge < -0.3 is 10.4 Å². The first-order chi connectivity index (χ1) is 9.16. The summed E-state index contributed by atoms with van der Waals surface area (Å²) < 4.78 is 1.92. The first kappa shape index (κ1) is 20.0. The molecule has 0 aliphatic rings. The molecule has 106 valence electrons. The zero-order valence-corrected chi connectivity index (χ0v) is 13.7. The van der Waals surface area contributed by atoms with E-state index in [2.05, 4.69) is 40.4 Å². The normalized spacial score (nSPS) is 9.26. The quantitative estimate of drug-likeness (QED) is 0.664. The minimum absolute atomic E-state index is 0.950. The van der Waals surface area contributed by atoms with E-state index >= 15 is 0 Å². The zero-order valence-electron chi connectivity index (χ0n) is 12.6. The van der Waals surface area contributed by atoms with E-state index in [1.54, 1.807) is 6.08 Å². The summed E-state index contributed by atoms with van der Waals surface area (Å²) in [5, 5.41) is 0. The van der Waals surface area contributed by atoms with Gasteiger partial charge in [0.25, 0.3) is 0 Å². The van der Waals surface area contributed by atoms with E-state index < -0.39 is 0 Å². The average molecular weight is 278 g/mol. The van der Waals surface area contributed by atoms with E-state index in [0.29, 0.717) is 0 Å². The summed E-state index contributed by atoms with van der Waals surface area (Å²) in [4.78, 5) is 0. The Morgan fingerprint density at radius 2 is 1.68 bits per heavy atom. The van der Waals surface area contributed by atoms with Crippen LogP contribution in [0.1, 0.15) is 19.4 Å². The molecule has 2 N–H and O–H groups in total. The van der Waals surface area contributed by atoms with Crippen molar-refractivity contribution in [1.29, 1.82) is 0 Å². The molecule has 3 heteroatoms. The van der Waals surface area contributed by atoms with Gasteiger partial charge in [0.15, 0.2) is 0 Å². The lowest BCUT2D eigenvalue weighted by Crippen LogP contribution is -2.04. The standard InChI is InChI=1S/C13H16NP.C2H6.CH5N/c1-4-8-13(11(2)14(3)15)12-9-6-5-7-10-12;2*1-2/h4-10H,1-2,15H2,3H3;1-2H3;2H2,1H3/b13-8+;;. The van der Waals surface area contributed by atoms with Crippen LogP contribution in [0.15, 0.2) is 61.3 Å². The molecule has 1 atom stereocenters. The smallest absolute Gasteiger partial charge is 0.0398 e. The van der Waals surface area contributed by atoms with Crippen molar-refractivity contribution in [1.82, 2.24) is 4.67 Å². The van der Waals surface area contributed by atoms with Gasteiger partial charge in [-0.25, -0.2) is 0 Å². The van der Waals surface area contributed by atoms with Crippen molar-refractivity contribution in [3.8, 4) is 0 Å². The highest BCUT2D eigenvalue weighted by molar-refractivity contribution is 7.13. The maximum absolute atomic E-state index is 4.50. The second-order valence-corrected chi connectivity index (χ2v) is 4.01. The Morgan fingerprint density at radius 1 is 1.21 bits per heavy atom. The highest BCUT2D eigenvalue weighted by Gasteiger charge is 2.06. The van der Waals surface area contributed by atoms with Gasteiger partial charge in [-0.15, -0.1) is 0 Å². The van der Waals surface area contributed by atoms with Crippen molar-refractivity contribution in [2.45, 2.75) is 13.8 Å². The number of rotatable bonds is 4. The van der Waals surface area contributed by atoms with Gasteiger partial charge in [-0.05, 0) is 22.0 Å². The lowest BCUT2D eigenvalue weighted by Gasteiger charge is -2.18. The number of allylic oxidation sites excluding steroid dienone is 3. The number of nitrogens with two attached hydrogens (primary N) is 1. The molecule has 0 aliphatic heterocycles. The summed E-state index contributed by atoms with van der Waals surface area (Å²) in [6.07, 6.45) is 3.75. The van der Waals surface area contributed by atoms with Gasteiger partial charge in [0.2, 0.25) is 0 Å². The van der Waals surface area contributed by atoms with E-state index in [-0.39, 0.29) is 0 Å². The Balaban J connectivity index is 0. The van der Waals surface area contributed by atoms with Crippen molar-refractivity contribution in [3.05, 3.63) is 66.9 Å². The van der Waals surface area contributed by atoms with E-state index in [0.717, 1.165) is 16.8 Å². The molecule has 1 rings (SSSR count). The van der Waals surface area contributed by atoms with Crippen LogP contribution in [0.2, 0.25) is 0 Å². The van der Waals surface area contributed by atoms with Crippen molar-refractivity contribution in [2.24, 2.45) is 5.73 Å². The Kier molecular flexibility index (Phi) is 13.7. The predicted molar refractivity (Wildman–Crippen MR) is 92.7 cm³/mol. The van der Waals surface area contributed by atoms with E-state index in [1.807, 2.05) is 49.8 Å². The van der Waals surface area contributed by atoms with Crippen molar-refractivity contribution >= 4 is 15.0 Å². The lowest BCUT2D eigenvalue weighted by molar-refractivity contribution is 0.738. The highest BCUT2D eigenvalue weighted by atomic mass is 31.0. The number of hydrogen-bond donors (Lipinski definition) is 1. The second kappa shape index (κ2) is 13.1. The molecule has 0 bridgehead atoms. The van der Waals surface area contributed by atoms with Crippen molar-refractivity contribution < 1.29 is 0 Å². The summed E-state index contributed by atoms with van der Waals surface area (Å²) in [5.74, 6) is 0. The average Bonchev–Trinajstić information content (AvgIpc) is 2.49. The zero-order chi connectivity index (χ0) is 15.3. The summed E-state index contributed by atoms with van der Waals surface area (Å²) >= 11 is 0. The van der Waals surface area contributed by atoms with Crippen LogP contribution >= 0.6 is 9.39 Å². The van der Waals surface area contributed by atoms with Crippen molar-refractivity contribution in [2.75, 3.05) is 14.1 Å². The highest BCUT2D eigenvalue weighted by Crippen LogP contribution is 2.25. The predicted octanol–water partition coefficient (Wildman–Crippen LogP) is 4.09. The molecule has 0 aromatic heterocycles. The Morgan fingerprint density at radius 3 is 2.05 bits per heavy atom. The molecule has 0 heterocycles. The third-order valence-electron chi connectivity index (χ3n) is 2.11. The molecule has 0 saturated carbocycles. The molecule has 19 heavy (non-hydrogen) atoms. The molecule has 0 radical (unpaired) electrons. The van der Waals surface area contributed by atoms with Crippen LogP contribution in [0.5, 0.6) is 0 Å². The summed E-state index contributed by atoms with van der Waals surface area (Å²) in [5.41, 5.74) is 7.69. The Hall–Kier alpha value is -1.37.